The lowest BCUT2D eigenvalue weighted by Crippen LogP contribution is -2.18. The van der Waals surface area contributed by atoms with E-state index in [-0.39, 0.29) is 23.2 Å². The molecule has 0 unspecified atom stereocenters. The van der Waals surface area contributed by atoms with Crippen LogP contribution in [0.4, 0.5) is 5.69 Å². The summed E-state index contributed by atoms with van der Waals surface area (Å²) in [7, 11) is -3.76. The predicted molar refractivity (Wildman–Crippen MR) is 139 cm³/mol. The van der Waals surface area contributed by atoms with Crippen LogP contribution in [0, 0.1) is 0 Å². The second-order valence-corrected chi connectivity index (χ2v) is 11.3. The first-order valence-electron chi connectivity index (χ1n) is 11.6. The summed E-state index contributed by atoms with van der Waals surface area (Å²) in [4.78, 5) is 32.8. The standard InChI is InChI=1S/C25H19ClN6O6S/c1-39(35,36)25-28-10-17(26)21(30-25)24(34)29-13-4-2-12-3-6-15-20(23(27)33)31-32(22(15)16(12)8-13)14-5-7-18-19(9-14)38-11-37-18/h2,4-5,7-10H,3,6,11H2,1H3,(H2,27,33)(H,29,34). The van der Waals surface area contributed by atoms with Crippen LogP contribution in [-0.2, 0) is 22.7 Å². The summed E-state index contributed by atoms with van der Waals surface area (Å²) < 4.78 is 36.3. The average Bonchev–Trinajstić information content (AvgIpc) is 3.52. The Morgan fingerprint density at radius 1 is 1.08 bits per heavy atom. The van der Waals surface area contributed by atoms with Crippen molar-refractivity contribution >= 4 is 38.9 Å². The average molecular weight is 567 g/mol. The Labute approximate surface area is 226 Å². The molecule has 0 radical (unpaired) electrons. The number of rotatable bonds is 5. The topological polar surface area (TPSA) is 168 Å². The lowest BCUT2D eigenvalue weighted by molar-refractivity contribution is 0.0991. The number of hydrogen-bond donors (Lipinski definition) is 2. The largest absolute Gasteiger partial charge is 0.454 e. The first-order valence-corrected chi connectivity index (χ1v) is 13.9. The zero-order valence-electron chi connectivity index (χ0n) is 20.3. The zero-order chi connectivity index (χ0) is 27.5. The van der Waals surface area contributed by atoms with Crippen molar-refractivity contribution in [2.24, 2.45) is 5.73 Å². The van der Waals surface area contributed by atoms with Crippen LogP contribution >= 0.6 is 11.6 Å². The zero-order valence-corrected chi connectivity index (χ0v) is 21.8. The number of halogens is 1. The monoisotopic (exact) mass is 566 g/mol. The third-order valence-corrected chi connectivity index (χ3v) is 7.49. The first kappa shape index (κ1) is 24.8. The molecule has 0 fully saturated rings. The van der Waals surface area contributed by atoms with Gasteiger partial charge in [0.15, 0.2) is 22.9 Å². The highest BCUT2D eigenvalue weighted by Crippen LogP contribution is 2.40. The minimum Gasteiger partial charge on any atom is -0.454 e. The number of sulfone groups is 1. The van der Waals surface area contributed by atoms with Crippen molar-refractivity contribution < 1.29 is 27.5 Å². The van der Waals surface area contributed by atoms with Crippen molar-refractivity contribution in [2.45, 2.75) is 18.0 Å². The summed E-state index contributed by atoms with van der Waals surface area (Å²) in [6.45, 7) is 0.108. The second kappa shape index (κ2) is 9.06. The van der Waals surface area contributed by atoms with Gasteiger partial charge in [0, 0.05) is 29.1 Å². The van der Waals surface area contributed by atoms with E-state index in [2.05, 4.69) is 20.4 Å². The minimum absolute atomic E-state index is 0.105. The van der Waals surface area contributed by atoms with Gasteiger partial charge in [-0.15, -0.1) is 0 Å². The number of aryl methyl sites for hydroxylation is 1. The molecule has 2 amide bonds. The van der Waals surface area contributed by atoms with E-state index in [1.165, 1.54) is 0 Å². The summed E-state index contributed by atoms with van der Waals surface area (Å²) in [5.74, 6) is -0.226. The Morgan fingerprint density at radius 2 is 1.87 bits per heavy atom. The van der Waals surface area contributed by atoms with E-state index in [1.807, 2.05) is 6.07 Å². The molecule has 39 heavy (non-hydrogen) atoms. The van der Waals surface area contributed by atoms with Crippen molar-refractivity contribution in [2.75, 3.05) is 18.4 Å². The number of anilines is 1. The van der Waals surface area contributed by atoms with E-state index in [1.54, 1.807) is 35.0 Å². The Bertz CT molecular complexity index is 1820. The molecule has 4 aromatic rings. The van der Waals surface area contributed by atoms with Crippen molar-refractivity contribution in [3.8, 4) is 28.4 Å². The van der Waals surface area contributed by atoms with Gasteiger partial charge in [0.1, 0.15) is 0 Å². The highest BCUT2D eigenvalue weighted by molar-refractivity contribution is 7.90. The summed E-state index contributed by atoms with van der Waals surface area (Å²) in [6.07, 6.45) is 3.16. The van der Waals surface area contributed by atoms with Gasteiger partial charge in [0.2, 0.25) is 21.8 Å². The number of benzene rings is 2. The summed E-state index contributed by atoms with van der Waals surface area (Å²) >= 11 is 6.10. The molecule has 12 nitrogen and oxygen atoms in total. The molecule has 3 N–H and O–H groups in total. The highest BCUT2D eigenvalue weighted by Gasteiger charge is 2.29. The number of ether oxygens (including phenoxy) is 2. The molecule has 0 saturated carbocycles. The fourth-order valence-corrected chi connectivity index (χ4v) is 5.28. The van der Waals surface area contributed by atoms with Gasteiger partial charge >= 0.3 is 0 Å². The lowest BCUT2D eigenvalue weighted by Gasteiger charge is -2.20. The van der Waals surface area contributed by atoms with Crippen LogP contribution in [0.2, 0.25) is 5.02 Å². The van der Waals surface area contributed by atoms with Crippen LogP contribution in [0.15, 0.2) is 47.8 Å². The van der Waals surface area contributed by atoms with Crippen LogP contribution < -0.4 is 20.5 Å². The van der Waals surface area contributed by atoms with E-state index in [9.17, 15) is 18.0 Å². The number of nitrogens with one attached hydrogen (secondary N) is 1. The van der Waals surface area contributed by atoms with Crippen LogP contribution in [0.5, 0.6) is 11.5 Å². The molecule has 6 rings (SSSR count). The molecular weight excluding hydrogens is 548 g/mol. The molecule has 0 spiro atoms. The van der Waals surface area contributed by atoms with Gasteiger partial charge < -0.3 is 20.5 Å². The Morgan fingerprint density at radius 3 is 2.64 bits per heavy atom. The van der Waals surface area contributed by atoms with Crippen LogP contribution in [0.1, 0.15) is 32.1 Å². The Kier molecular flexibility index (Phi) is 5.77. The maximum Gasteiger partial charge on any atom is 0.275 e. The van der Waals surface area contributed by atoms with E-state index in [0.717, 1.165) is 23.6 Å². The predicted octanol–water partition coefficient (Wildman–Crippen LogP) is 2.56. The number of aromatic nitrogens is 4. The smallest absolute Gasteiger partial charge is 0.275 e. The van der Waals surface area contributed by atoms with Crippen molar-refractivity contribution in [3.63, 3.8) is 0 Å². The first-order chi connectivity index (χ1) is 18.6. The molecule has 1 aliphatic heterocycles. The van der Waals surface area contributed by atoms with Gasteiger partial charge in [-0.2, -0.15) is 5.10 Å². The molecule has 198 valence electrons. The minimum atomic E-state index is -3.76. The fourth-order valence-electron chi connectivity index (χ4n) is 4.60. The fraction of sp³-hybridized carbons (Fsp3) is 0.160. The molecule has 0 bridgehead atoms. The van der Waals surface area contributed by atoms with Crippen molar-refractivity contribution in [3.05, 3.63) is 70.1 Å². The molecule has 14 heteroatoms. The van der Waals surface area contributed by atoms with Gasteiger partial charge in [-0.1, -0.05) is 17.7 Å². The van der Waals surface area contributed by atoms with Crippen molar-refractivity contribution in [1.82, 2.24) is 19.7 Å². The normalized spacial score (nSPS) is 13.5. The van der Waals surface area contributed by atoms with E-state index >= 15 is 0 Å². The number of hydrogen-bond acceptors (Lipinski definition) is 9. The third-order valence-electron chi connectivity index (χ3n) is 6.35. The summed E-state index contributed by atoms with van der Waals surface area (Å²) in [5.41, 5.74) is 9.61. The quantitative estimate of drug-likeness (QED) is 0.345. The van der Waals surface area contributed by atoms with Gasteiger partial charge in [0.05, 0.1) is 22.6 Å². The van der Waals surface area contributed by atoms with Crippen LogP contribution in [0.25, 0.3) is 16.9 Å². The Balaban J connectivity index is 1.42. The molecule has 1 aliphatic carbocycles. The summed E-state index contributed by atoms with van der Waals surface area (Å²) in [5, 5.41) is 6.63. The van der Waals surface area contributed by atoms with Crippen LogP contribution in [0.3, 0.4) is 0 Å². The van der Waals surface area contributed by atoms with E-state index in [0.29, 0.717) is 47.0 Å². The molecule has 2 aliphatic rings. The SMILES string of the molecule is CS(=O)(=O)c1ncc(Cl)c(C(=O)Nc2ccc3c(c2)-c2c(c(C(N)=O)nn2-c2ccc4c(c2)OCO4)CC3)n1. The molecule has 3 heterocycles. The van der Waals surface area contributed by atoms with Gasteiger partial charge in [-0.3, -0.25) is 9.59 Å². The number of amides is 2. The molecular formula is C25H19ClN6O6S. The number of primary amides is 1. The molecule has 2 aromatic carbocycles. The lowest BCUT2D eigenvalue weighted by atomic mass is 9.88. The molecule has 0 atom stereocenters. The Hall–Kier alpha value is -4.49. The number of nitrogens with zero attached hydrogens (tertiary/aromatic N) is 4. The van der Waals surface area contributed by atoms with Gasteiger partial charge in [-0.25, -0.2) is 23.1 Å². The highest BCUT2D eigenvalue weighted by atomic mass is 35.5. The van der Waals surface area contributed by atoms with Gasteiger partial charge in [-0.05, 0) is 42.7 Å². The van der Waals surface area contributed by atoms with E-state index in [4.69, 9.17) is 26.8 Å². The van der Waals surface area contributed by atoms with Gasteiger partial charge in [0.25, 0.3) is 11.8 Å². The maximum absolute atomic E-state index is 13.0. The second-order valence-electron chi connectivity index (χ2n) is 8.94. The molecule has 2 aromatic heterocycles. The number of nitrogens with two attached hydrogens (primary N) is 1. The summed E-state index contributed by atoms with van der Waals surface area (Å²) in [6, 6.07) is 10.6. The maximum atomic E-state index is 13.0. The van der Waals surface area contributed by atoms with Crippen molar-refractivity contribution in [1.29, 1.82) is 0 Å². The third kappa shape index (κ3) is 4.34. The number of carbonyl (C=O) groups is 2. The number of fused-ring (bicyclic) bond motifs is 4. The van der Waals surface area contributed by atoms with Crippen LogP contribution in [-0.4, -0.2) is 53.0 Å². The molecule has 0 saturated heterocycles. The van der Waals surface area contributed by atoms with E-state index < -0.39 is 26.8 Å². The number of carbonyl (C=O) groups excluding carboxylic acids is 2.